The number of amides is 1. The van der Waals surface area contributed by atoms with Crippen LogP contribution in [0, 0.1) is 0 Å². The summed E-state index contributed by atoms with van der Waals surface area (Å²) in [6.45, 7) is -0.612. The first kappa shape index (κ1) is 16.3. The van der Waals surface area contributed by atoms with E-state index in [4.69, 9.17) is 0 Å². The molecular weight excluding hydrogens is 369 g/mol. The molecule has 118 valence electrons. The lowest BCUT2D eigenvalue weighted by atomic mass is 10.3. The molecule has 1 heterocycles. The van der Waals surface area contributed by atoms with Gasteiger partial charge in [-0.05, 0) is 24.3 Å². The molecule has 0 atom stereocenters. The van der Waals surface area contributed by atoms with Gasteiger partial charge in [-0.1, -0.05) is 15.9 Å². The molecule has 0 aliphatic heterocycles. The van der Waals surface area contributed by atoms with Crippen molar-refractivity contribution in [3.8, 4) is 0 Å². The Morgan fingerprint density at radius 3 is 2.41 bits per heavy atom. The van der Waals surface area contributed by atoms with Crippen molar-refractivity contribution in [3.63, 3.8) is 0 Å². The van der Waals surface area contributed by atoms with Crippen molar-refractivity contribution in [2.24, 2.45) is 7.05 Å². The number of rotatable bonds is 3. The minimum absolute atomic E-state index is 0.354. The first-order chi connectivity index (χ1) is 10.2. The molecule has 0 radical (unpaired) electrons. The number of halogens is 4. The number of carbonyl (C=O) groups is 1. The molecule has 2 rings (SSSR count). The van der Waals surface area contributed by atoms with E-state index in [1.165, 1.54) is 0 Å². The molecule has 2 aromatic rings. The van der Waals surface area contributed by atoms with Gasteiger partial charge < -0.3 is 5.32 Å². The summed E-state index contributed by atoms with van der Waals surface area (Å²) in [7, 11) is 0.946. The van der Waals surface area contributed by atoms with Gasteiger partial charge in [0.05, 0.1) is 0 Å². The summed E-state index contributed by atoms with van der Waals surface area (Å²) in [5.74, 6) is -2.01. The van der Waals surface area contributed by atoms with E-state index < -0.39 is 30.1 Å². The van der Waals surface area contributed by atoms with Gasteiger partial charge in [0.1, 0.15) is 6.54 Å². The van der Waals surface area contributed by atoms with Gasteiger partial charge in [0.25, 0.3) is 0 Å². The molecule has 0 saturated heterocycles. The number of hydrogen-bond acceptors (Lipinski definition) is 3. The monoisotopic (exact) mass is 378 g/mol. The molecule has 22 heavy (non-hydrogen) atoms. The molecule has 1 aromatic heterocycles. The standard InChI is InChI=1S/C12H10BrF3N4O2/c1-19-10(12(14,15)16)18-20(11(19)22)6-9(21)17-8-4-2-7(13)3-5-8/h2-5H,6H2,1H3,(H,17,21). The summed E-state index contributed by atoms with van der Waals surface area (Å²) < 4.78 is 39.5. The molecule has 0 saturated carbocycles. The number of alkyl halides is 3. The highest BCUT2D eigenvalue weighted by Crippen LogP contribution is 2.26. The van der Waals surface area contributed by atoms with E-state index in [-0.39, 0.29) is 0 Å². The molecule has 1 aromatic carbocycles. The Bertz CT molecular complexity index is 749. The van der Waals surface area contributed by atoms with Crippen molar-refractivity contribution in [1.29, 1.82) is 0 Å². The fourth-order valence-corrected chi connectivity index (χ4v) is 1.97. The second kappa shape index (κ2) is 5.95. The first-order valence-electron chi connectivity index (χ1n) is 5.95. The summed E-state index contributed by atoms with van der Waals surface area (Å²) in [6, 6.07) is 6.57. The highest BCUT2D eigenvalue weighted by molar-refractivity contribution is 9.10. The zero-order valence-electron chi connectivity index (χ0n) is 11.2. The van der Waals surface area contributed by atoms with Crippen molar-refractivity contribution in [3.05, 3.63) is 45.0 Å². The lowest BCUT2D eigenvalue weighted by Gasteiger charge is -2.04. The van der Waals surface area contributed by atoms with E-state index in [1.54, 1.807) is 24.3 Å². The number of nitrogens with zero attached hydrogens (tertiary/aromatic N) is 3. The summed E-state index contributed by atoms with van der Waals surface area (Å²) in [4.78, 5) is 23.4. The molecular formula is C12H10BrF3N4O2. The molecule has 0 fully saturated rings. The number of anilines is 1. The van der Waals surface area contributed by atoms with Gasteiger partial charge in [-0.15, -0.1) is 5.10 Å². The second-order valence-corrected chi connectivity index (χ2v) is 5.29. The van der Waals surface area contributed by atoms with Gasteiger partial charge in [0, 0.05) is 17.2 Å². The fourth-order valence-electron chi connectivity index (χ4n) is 1.71. The van der Waals surface area contributed by atoms with Crippen molar-refractivity contribution in [1.82, 2.24) is 14.3 Å². The Labute approximate surface area is 130 Å². The largest absolute Gasteiger partial charge is 0.451 e. The lowest BCUT2D eigenvalue weighted by molar-refractivity contribution is -0.147. The number of aromatic nitrogens is 3. The van der Waals surface area contributed by atoms with E-state index in [0.29, 0.717) is 14.9 Å². The van der Waals surface area contributed by atoms with Gasteiger partial charge in [0.2, 0.25) is 11.7 Å². The molecule has 0 unspecified atom stereocenters. The predicted octanol–water partition coefficient (Wildman–Crippen LogP) is 2.00. The highest BCUT2D eigenvalue weighted by atomic mass is 79.9. The quantitative estimate of drug-likeness (QED) is 0.887. The van der Waals surface area contributed by atoms with E-state index in [2.05, 4.69) is 26.3 Å². The Balaban J connectivity index is 2.15. The van der Waals surface area contributed by atoms with E-state index in [1.807, 2.05) is 0 Å². The molecule has 0 bridgehead atoms. The normalized spacial score (nSPS) is 11.5. The Morgan fingerprint density at radius 1 is 1.32 bits per heavy atom. The number of hydrogen-bond donors (Lipinski definition) is 1. The van der Waals surface area contributed by atoms with Crippen LogP contribution in [0.15, 0.2) is 33.5 Å². The maximum Gasteiger partial charge on any atom is 0.451 e. The zero-order chi connectivity index (χ0) is 16.5. The third kappa shape index (κ3) is 3.56. The molecule has 0 spiro atoms. The molecule has 1 amide bonds. The first-order valence-corrected chi connectivity index (χ1v) is 6.74. The fraction of sp³-hybridized carbons (Fsp3) is 0.250. The van der Waals surface area contributed by atoms with Crippen LogP contribution < -0.4 is 11.0 Å². The van der Waals surface area contributed by atoms with Crippen LogP contribution in [0.3, 0.4) is 0 Å². The summed E-state index contributed by atoms with van der Waals surface area (Å²) >= 11 is 3.23. The zero-order valence-corrected chi connectivity index (χ0v) is 12.8. The Hall–Kier alpha value is -2.10. The number of benzene rings is 1. The maximum atomic E-state index is 12.6. The smallest absolute Gasteiger partial charge is 0.324 e. The van der Waals surface area contributed by atoms with Crippen molar-refractivity contribution in [2.45, 2.75) is 12.7 Å². The van der Waals surface area contributed by atoms with Crippen LogP contribution in [0.25, 0.3) is 0 Å². The molecule has 0 aliphatic carbocycles. The number of nitrogens with one attached hydrogen (secondary N) is 1. The minimum Gasteiger partial charge on any atom is -0.324 e. The van der Waals surface area contributed by atoms with Crippen molar-refractivity contribution < 1.29 is 18.0 Å². The van der Waals surface area contributed by atoms with E-state index >= 15 is 0 Å². The van der Waals surface area contributed by atoms with Gasteiger partial charge in [-0.25, -0.2) is 9.48 Å². The van der Waals surface area contributed by atoms with Crippen LogP contribution in [0.2, 0.25) is 0 Å². The third-order valence-electron chi connectivity index (χ3n) is 2.72. The second-order valence-electron chi connectivity index (χ2n) is 4.38. The van der Waals surface area contributed by atoms with Crippen LogP contribution in [0.5, 0.6) is 0 Å². The molecule has 0 aliphatic rings. The average Bonchev–Trinajstić information content (AvgIpc) is 2.69. The van der Waals surface area contributed by atoms with Crippen LogP contribution in [-0.4, -0.2) is 20.3 Å². The van der Waals surface area contributed by atoms with E-state index in [9.17, 15) is 22.8 Å². The van der Waals surface area contributed by atoms with Crippen LogP contribution >= 0.6 is 15.9 Å². The Kier molecular flexibility index (Phi) is 4.40. The van der Waals surface area contributed by atoms with Crippen molar-refractivity contribution >= 4 is 27.5 Å². The number of carbonyl (C=O) groups excluding carboxylic acids is 1. The van der Waals surface area contributed by atoms with Crippen LogP contribution in [-0.2, 0) is 24.6 Å². The van der Waals surface area contributed by atoms with Gasteiger partial charge in [-0.2, -0.15) is 13.2 Å². The third-order valence-corrected chi connectivity index (χ3v) is 3.24. The minimum atomic E-state index is -4.76. The highest BCUT2D eigenvalue weighted by Gasteiger charge is 2.38. The molecule has 10 heteroatoms. The molecule has 6 nitrogen and oxygen atoms in total. The lowest BCUT2D eigenvalue weighted by Crippen LogP contribution is -2.29. The van der Waals surface area contributed by atoms with Crippen LogP contribution in [0.4, 0.5) is 18.9 Å². The topological polar surface area (TPSA) is 68.9 Å². The van der Waals surface area contributed by atoms with Gasteiger partial charge >= 0.3 is 11.9 Å². The SMILES string of the molecule is Cn1c(C(F)(F)F)nn(CC(=O)Nc2ccc(Br)cc2)c1=O. The summed E-state index contributed by atoms with van der Waals surface area (Å²) in [5, 5.41) is 5.61. The average molecular weight is 379 g/mol. The van der Waals surface area contributed by atoms with Gasteiger partial charge in [0.15, 0.2) is 0 Å². The Morgan fingerprint density at radius 2 is 1.91 bits per heavy atom. The van der Waals surface area contributed by atoms with Crippen molar-refractivity contribution in [2.75, 3.05) is 5.32 Å². The maximum absolute atomic E-state index is 12.6. The van der Waals surface area contributed by atoms with E-state index in [0.717, 1.165) is 11.5 Å². The summed E-state index contributed by atoms with van der Waals surface area (Å²) in [6.07, 6.45) is -4.76. The van der Waals surface area contributed by atoms with Gasteiger partial charge in [-0.3, -0.25) is 9.36 Å². The van der Waals surface area contributed by atoms with Crippen LogP contribution in [0.1, 0.15) is 5.82 Å². The predicted molar refractivity (Wildman–Crippen MR) is 75.2 cm³/mol. The summed E-state index contributed by atoms with van der Waals surface area (Å²) in [5.41, 5.74) is -0.563. The molecule has 1 N–H and O–H groups in total.